The maximum absolute atomic E-state index is 13.0. The zero-order valence-electron chi connectivity index (χ0n) is 9.91. The van der Waals surface area contributed by atoms with Crippen LogP contribution in [0.4, 0.5) is 8.78 Å². The minimum absolute atomic E-state index is 0.0866. The van der Waals surface area contributed by atoms with E-state index in [0.29, 0.717) is 0 Å². The summed E-state index contributed by atoms with van der Waals surface area (Å²) in [5.74, 6) is -2.75. The molecule has 0 heterocycles. The number of aryl methyl sites for hydroxylation is 1. The van der Waals surface area contributed by atoms with Crippen LogP contribution in [0.2, 0.25) is 5.02 Å². The van der Waals surface area contributed by atoms with E-state index in [9.17, 15) is 13.6 Å². The molecule has 0 spiro atoms. The van der Waals surface area contributed by atoms with Crippen molar-refractivity contribution in [1.29, 1.82) is 0 Å². The molecule has 5 heteroatoms. The van der Waals surface area contributed by atoms with Gasteiger partial charge in [-0.1, -0.05) is 17.7 Å². The first-order valence-electron chi connectivity index (χ1n) is 5.41. The van der Waals surface area contributed by atoms with Crippen molar-refractivity contribution in [3.63, 3.8) is 0 Å². The van der Waals surface area contributed by atoms with Crippen LogP contribution in [0.3, 0.4) is 0 Å². The second-order valence-corrected chi connectivity index (χ2v) is 4.36. The molecule has 0 N–H and O–H groups in total. The molecule has 0 aromatic heterocycles. The van der Waals surface area contributed by atoms with Crippen molar-refractivity contribution in [1.82, 2.24) is 0 Å². The molecule has 0 unspecified atom stereocenters. The number of hydrogen-bond donors (Lipinski definition) is 0. The van der Waals surface area contributed by atoms with E-state index < -0.39 is 17.6 Å². The molecule has 2 rings (SSSR count). The van der Waals surface area contributed by atoms with Gasteiger partial charge in [-0.15, -0.1) is 0 Å². The Morgan fingerprint density at radius 1 is 1.11 bits per heavy atom. The fourth-order valence-corrected chi connectivity index (χ4v) is 1.63. The van der Waals surface area contributed by atoms with E-state index in [-0.39, 0.29) is 16.3 Å². The average Bonchev–Trinajstić information content (AvgIpc) is 2.37. The lowest BCUT2D eigenvalue weighted by molar-refractivity contribution is 0.0734. The number of carbonyl (C=O) groups excluding carboxylic acids is 1. The highest BCUT2D eigenvalue weighted by Crippen LogP contribution is 2.26. The predicted molar refractivity (Wildman–Crippen MR) is 67.5 cm³/mol. The molecule has 0 amide bonds. The van der Waals surface area contributed by atoms with Crippen LogP contribution in [0.5, 0.6) is 5.75 Å². The Hall–Kier alpha value is -1.94. The van der Waals surface area contributed by atoms with Crippen LogP contribution in [-0.2, 0) is 0 Å². The lowest BCUT2D eigenvalue weighted by atomic mass is 10.2. The molecule has 0 aliphatic carbocycles. The maximum Gasteiger partial charge on any atom is 0.343 e. The van der Waals surface area contributed by atoms with E-state index in [1.807, 2.05) is 6.92 Å². The predicted octanol–water partition coefficient (Wildman–Crippen LogP) is 4.15. The van der Waals surface area contributed by atoms with Crippen molar-refractivity contribution in [2.45, 2.75) is 6.92 Å². The van der Waals surface area contributed by atoms with Crippen molar-refractivity contribution < 1.29 is 18.3 Å². The van der Waals surface area contributed by atoms with Crippen molar-refractivity contribution in [2.24, 2.45) is 0 Å². The van der Waals surface area contributed by atoms with Gasteiger partial charge in [0.15, 0.2) is 11.6 Å². The summed E-state index contributed by atoms with van der Waals surface area (Å²) in [6, 6.07) is 7.72. The van der Waals surface area contributed by atoms with Crippen LogP contribution in [0.15, 0.2) is 36.4 Å². The molecule has 19 heavy (non-hydrogen) atoms. The van der Waals surface area contributed by atoms with Gasteiger partial charge in [0, 0.05) is 0 Å². The van der Waals surface area contributed by atoms with Gasteiger partial charge in [-0.05, 0) is 42.8 Å². The molecule has 0 bridgehead atoms. The third-order valence-corrected chi connectivity index (χ3v) is 2.76. The van der Waals surface area contributed by atoms with Crippen molar-refractivity contribution in [2.75, 3.05) is 0 Å². The summed E-state index contributed by atoms with van der Waals surface area (Å²) in [7, 11) is 0. The lowest BCUT2D eigenvalue weighted by Crippen LogP contribution is -2.09. The zero-order chi connectivity index (χ0) is 14.0. The number of esters is 1. The highest BCUT2D eigenvalue weighted by Gasteiger charge is 2.13. The van der Waals surface area contributed by atoms with Gasteiger partial charge >= 0.3 is 5.97 Å². The van der Waals surface area contributed by atoms with Gasteiger partial charge in [0.2, 0.25) is 0 Å². The molecule has 98 valence electrons. The first-order valence-corrected chi connectivity index (χ1v) is 5.78. The minimum Gasteiger partial charge on any atom is -0.421 e. The van der Waals surface area contributed by atoms with Crippen LogP contribution in [0.1, 0.15) is 15.9 Å². The van der Waals surface area contributed by atoms with E-state index in [4.69, 9.17) is 16.3 Å². The van der Waals surface area contributed by atoms with Crippen LogP contribution in [0, 0.1) is 18.6 Å². The highest BCUT2D eigenvalue weighted by atomic mass is 35.5. The summed E-state index contributed by atoms with van der Waals surface area (Å²) in [5.41, 5.74) is 0.772. The van der Waals surface area contributed by atoms with Crippen molar-refractivity contribution >= 4 is 17.6 Å². The molecule has 0 radical (unpaired) electrons. The van der Waals surface area contributed by atoms with Crippen molar-refractivity contribution in [3.8, 4) is 5.75 Å². The quantitative estimate of drug-likeness (QED) is 0.611. The number of benzene rings is 2. The Kier molecular flexibility index (Phi) is 3.81. The van der Waals surface area contributed by atoms with E-state index in [1.165, 1.54) is 0 Å². The molecular weight excluding hydrogens is 274 g/mol. The van der Waals surface area contributed by atoms with E-state index in [1.54, 1.807) is 18.2 Å². The van der Waals surface area contributed by atoms with Gasteiger partial charge in [0.25, 0.3) is 0 Å². The average molecular weight is 283 g/mol. The monoisotopic (exact) mass is 282 g/mol. The molecule has 0 saturated heterocycles. The summed E-state index contributed by atoms with van der Waals surface area (Å²) < 4.78 is 30.8. The molecule has 2 aromatic carbocycles. The highest BCUT2D eigenvalue weighted by molar-refractivity contribution is 6.32. The normalized spacial score (nSPS) is 10.3. The van der Waals surface area contributed by atoms with Gasteiger partial charge in [-0.2, -0.15) is 0 Å². The number of hydrogen-bond acceptors (Lipinski definition) is 2. The number of carbonyl (C=O) groups is 1. The van der Waals surface area contributed by atoms with E-state index in [0.717, 1.165) is 23.8 Å². The van der Waals surface area contributed by atoms with Crippen LogP contribution in [-0.4, -0.2) is 5.97 Å². The molecule has 0 aliphatic rings. The third kappa shape index (κ3) is 3.09. The second kappa shape index (κ2) is 5.36. The van der Waals surface area contributed by atoms with E-state index in [2.05, 4.69) is 0 Å². The molecule has 2 aromatic rings. The summed E-state index contributed by atoms with van der Waals surface area (Å²) in [6.07, 6.45) is 0. The number of halogens is 3. The Morgan fingerprint density at radius 3 is 2.53 bits per heavy atom. The SMILES string of the molecule is Cc1ccc(Cl)c(OC(=O)c2ccc(F)c(F)c2)c1. The first-order chi connectivity index (χ1) is 8.97. The summed E-state index contributed by atoms with van der Waals surface area (Å²) in [6.45, 7) is 1.81. The Balaban J connectivity index is 2.25. The molecule has 0 aliphatic heterocycles. The summed E-state index contributed by atoms with van der Waals surface area (Å²) >= 11 is 5.87. The standard InChI is InChI=1S/C14H9ClF2O2/c1-8-2-4-10(15)13(6-8)19-14(18)9-3-5-11(16)12(17)7-9/h2-7H,1H3. The fourth-order valence-electron chi connectivity index (χ4n) is 1.47. The van der Waals surface area contributed by atoms with Gasteiger partial charge < -0.3 is 4.74 Å². The molecule has 0 fully saturated rings. The Morgan fingerprint density at radius 2 is 1.84 bits per heavy atom. The topological polar surface area (TPSA) is 26.3 Å². The van der Waals surface area contributed by atoms with Gasteiger partial charge in [-0.3, -0.25) is 0 Å². The smallest absolute Gasteiger partial charge is 0.343 e. The zero-order valence-corrected chi connectivity index (χ0v) is 10.7. The summed E-state index contributed by atoms with van der Waals surface area (Å²) in [4.78, 5) is 11.8. The largest absolute Gasteiger partial charge is 0.421 e. The van der Waals surface area contributed by atoms with Crippen LogP contribution >= 0.6 is 11.6 Å². The fraction of sp³-hybridized carbons (Fsp3) is 0.0714. The Labute approximate surface area is 113 Å². The van der Waals surface area contributed by atoms with Gasteiger partial charge in [0.1, 0.15) is 5.75 Å². The number of rotatable bonds is 2. The van der Waals surface area contributed by atoms with Crippen molar-refractivity contribution in [3.05, 3.63) is 64.2 Å². The minimum atomic E-state index is -1.11. The van der Waals surface area contributed by atoms with E-state index >= 15 is 0 Å². The first kappa shape index (κ1) is 13.5. The number of ether oxygens (including phenoxy) is 1. The molecular formula is C14H9ClF2O2. The van der Waals surface area contributed by atoms with Gasteiger partial charge in [0.05, 0.1) is 10.6 Å². The lowest BCUT2D eigenvalue weighted by Gasteiger charge is -2.07. The molecule has 0 atom stereocenters. The summed E-state index contributed by atoms with van der Waals surface area (Å²) in [5, 5.41) is 0.265. The molecule has 0 saturated carbocycles. The molecule has 2 nitrogen and oxygen atoms in total. The Bertz CT molecular complexity index is 641. The van der Waals surface area contributed by atoms with Crippen LogP contribution < -0.4 is 4.74 Å². The maximum atomic E-state index is 13.0. The van der Waals surface area contributed by atoms with Crippen LogP contribution in [0.25, 0.3) is 0 Å². The second-order valence-electron chi connectivity index (χ2n) is 3.95. The van der Waals surface area contributed by atoms with Gasteiger partial charge in [-0.25, -0.2) is 13.6 Å². The third-order valence-electron chi connectivity index (χ3n) is 2.44.